The van der Waals surface area contributed by atoms with Gasteiger partial charge in [0.25, 0.3) is 0 Å². The third kappa shape index (κ3) is 4.55. The number of benzene rings is 1. The van der Waals surface area contributed by atoms with Crippen LogP contribution >= 0.6 is 0 Å². The first kappa shape index (κ1) is 20.1. The molecule has 1 aromatic heterocycles. The van der Waals surface area contributed by atoms with Crippen LogP contribution in [0.2, 0.25) is 0 Å². The average Bonchev–Trinajstić information content (AvgIpc) is 3.33. The molecule has 2 fully saturated rings. The van der Waals surface area contributed by atoms with E-state index in [-0.39, 0.29) is 5.91 Å². The lowest BCUT2D eigenvalue weighted by Gasteiger charge is -2.34. The first-order valence-corrected chi connectivity index (χ1v) is 11.3. The van der Waals surface area contributed by atoms with E-state index in [4.69, 9.17) is 0 Å². The maximum Gasteiger partial charge on any atom is 0.225 e. The molecule has 5 heteroatoms. The largest absolute Gasteiger partial charge is 0.323 e. The lowest BCUT2D eigenvalue weighted by atomic mass is 9.83. The van der Waals surface area contributed by atoms with Crippen molar-refractivity contribution in [2.24, 2.45) is 5.92 Å². The number of rotatable bonds is 6. The van der Waals surface area contributed by atoms with E-state index in [9.17, 15) is 4.79 Å². The molecular formula is C24H34N4O. The summed E-state index contributed by atoms with van der Waals surface area (Å²) >= 11 is 0. The highest BCUT2D eigenvalue weighted by Gasteiger charge is 2.32. The Morgan fingerprint density at radius 2 is 1.83 bits per heavy atom. The van der Waals surface area contributed by atoms with Crippen LogP contribution in [-0.2, 0) is 4.79 Å². The molecule has 1 atom stereocenters. The van der Waals surface area contributed by atoms with Crippen LogP contribution in [0.25, 0.3) is 5.69 Å². The number of hydrogen-bond donors (Lipinski definition) is 1. The molecule has 4 rings (SSSR count). The van der Waals surface area contributed by atoms with Gasteiger partial charge >= 0.3 is 0 Å². The number of aryl methyl sites for hydroxylation is 1. The fourth-order valence-corrected chi connectivity index (χ4v) is 5.27. The minimum absolute atomic E-state index is 0.0955. The van der Waals surface area contributed by atoms with Crippen LogP contribution in [0.4, 0.5) is 5.69 Å². The van der Waals surface area contributed by atoms with Crippen LogP contribution in [0, 0.1) is 19.8 Å². The van der Waals surface area contributed by atoms with Gasteiger partial charge in [-0.3, -0.25) is 9.69 Å². The smallest absolute Gasteiger partial charge is 0.225 e. The maximum absolute atomic E-state index is 12.7. The molecule has 1 aromatic carbocycles. The van der Waals surface area contributed by atoms with Crippen molar-refractivity contribution in [2.45, 2.75) is 71.3 Å². The van der Waals surface area contributed by atoms with Gasteiger partial charge in [-0.05, 0) is 64.1 Å². The number of hydrogen-bond acceptors (Lipinski definition) is 3. The summed E-state index contributed by atoms with van der Waals surface area (Å²) in [5, 5.41) is 7.77. The number of aromatic nitrogens is 2. The highest BCUT2D eigenvalue weighted by Crippen LogP contribution is 2.34. The van der Waals surface area contributed by atoms with Crippen LogP contribution in [0.3, 0.4) is 0 Å². The van der Waals surface area contributed by atoms with E-state index < -0.39 is 0 Å². The minimum atomic E-state index is 0.0955. The second-order valence-corrected chi connectivity index (χ2v) is 8.73. The Kier molecular flexibility index (Phi) is 6.34. The average molecular weight is 395 g/mol. The molecule has 0 radical (unpaired) electrons. The van der Waals surface area contributed by atoms with Crippen LogP contribution in [0.5, 0.6) is 0 Å². The Bertz CT molecular complexity index is 823. The summed E-state index contributed by atoms with van der Waals surface area (Å²) < 4.78 is 1.91. The first-order valence-electron chi connectivity index (χ1n) is 11.3. The molecule has 5 nitrogen and oxygen atoms in total. The van der Waals surface area contributed by atoms with Crippen molar-refractivity contribution in [1.82, 2.24) is 14.7 Å². The predicted octanol–water partition coefficient (Wildman–Crippen LogP) is 4.86. The monoisotopic (exact) mass is 394 g/mol. The molecule has 1 aliphatic heterocycles. The number of carbonyl (C=O) groups is 1. The van der Waals surface area contributed by atoms with Crippen LogP contribution < -0.4 is 5.32 Å². The van der Waals surface area contributed by atoms with Crippen LogP contribution in [0.15, 0.2) is 30.3 Å². The fourth-order valence-electron chi connectivity index (χ4n) is 5.27. The third-order valence-corrected chi connectivity index (χ3v) is 6.79. The number of anilines is 1. The SMILES string of the molecule is Cc1nn(-c2ccccc2)c(C)c1NC(=O)CCN1CCC[C@H]1C1CCCCC1. The van der Waals surface area contributed by atoms with Crippen molar-refractivity contribution in [1.29, 1.82) is 0 Å². The van der Waals surface area contributed by atoms with E-state index in [0.29, 0.717) is 12.5 Å². The van der Waals surface area contributed by atoms with Crippen LogP contribution in [-0.4, -0.2) is 39.7 Å². The minimum Gasteiger partial charge on any atom is -0.323 e. The maximum atomic E-state index is 12.7. The van der Waals surface area contributed by atoms with Crippen LogP contribution in [0.1, 0.15) is 62.8 Å². The van der Waals surface area contributed by atoms with Gasteiger partial charge in [0.05, 0.1) is 22.8 Å². The Hall–Kier alpha value is -2.14. The van der Waals surface area contributed by atoms with Gasteiger partial charge in [0, 0.05) is 19.0 Å². The first-order chi connectivity index (χ1) is 14.1. The molecule has 0 unspecified atom stereocenters. The van der Waals surface area contributed by atoms with E-state index in [1.54, 1.807) is 0 Å². The van der Waals surface area contributed by atoms with E-state index in [2.05, 4.69) is 15.3 Å². The number of nitrogens with one attached hydrogen (secondary N) is 1. The third-order valence-electron chi connectivity index (χ3n) is 6.79. The summed E-state index contributed by atoms with van der Waals surface area (Å²) in [7, 11) is 0. The normalized spacial score (nSPS) is 20.8. The van der Waals surface area contributed by atoms with Gasteiger partial charge in [-0.1, -0.05) is 37.5 Å². The molecule has 2 aromatic rings. The second-order valence-electron chi connectivity index (χ2n) is 8.73. The van der Waals surface area contributed by atoms with Gasteiger partial charge < -0.3 is 5.32 Å². The summed E-state index contributed by atoms with van der Waals surface area (Å²) in [4.78, 5) is 15.3. The molecule has 1 N–H and O–H groups in total. The molecule has 1 aliphatic carbocycles. The number of nitrogens with zero attached hydrogens (tertiary/aromatic N) is 3. The molecular weight excluding hydrogens is 360 g/mol. The van der Waals surface area contributed by atoms with Gasteiger partial charge in [0.15, 0.2) is 0 Å². The van der Waals surface area contributed by atoms with Crippen molar-refractivity contribution in [3.8, 4) is 5.69 Å². The Morgan fingerprint density at radius 3 is 2.59 bits per heavy atom. The highest BCUT2D eigenvalue weighted by molar-refractivity contribution is 5.92. The van der Waals surface area contributed by atoms with Gasteiger partial charge in [-0.25, -0.2) is 4.68 Å². The molecule has 2 heterocycles. The molecule has 1 amide bonds. The number of carbonyl (C=O) groups excluding carboxylic acids is 1. The molecule has 1 saturated heterocycles. The predicted molar refractivity (Wildman–Crippen MR) is 117 cm³/mol. The highest BCUT2D eigenvalue weighted by atomic mass is 16.1. The molecule has 1 saturated carbocycles. The van der Waals surface area contributed by atoms with E-state index in [1.807, 2.05) is 48.9 Å². The number of amides is 1. The van der Waals surface area contributed by atoms with E-state index in [0.717, 1.165) is 41.8 Å². The molecule has 0 bridgehead atoms. The zero-order valence-corrected chi connectivity index (χ0v) is 17.9. The second kappa shape index (κ2) is 9.12. The van der Waals surface area contributed by atoms with E-state index in [1.165, 1.54) is 44.9 Å². The quantitative estimate of drug-likeness (QED) is 0.761. The van der Waals surface area contributed by atoms with Gasteiger partial charge in [-0.2, -0.15) is 5.10 Å². The number of likely N-dealkylation sites (tertiary alicyclic amines) is 1. The van der Waals surface area contributed by atoms with Gasteiger partial charge in [0.1, 0.15) is 0 Å². The summed E-state index contributed by atoms with van der Waals surface area (Å²) in [6.07, 6.45) is 10.1. The lowest BCUT2D eigenvalue weighted by Crippen LogP contribution is -2.38. The summed E-state index contributed by atoms with van der Waals surface area (Å²) in [5.41, 5.74) is 3.70. The Balaban J connectivity index is 1.36. The van der Waals surface area contributed by atoms with Gasteiger partial charge in [-0.15, -0.1) is 0 Å². The van der Waals surface area contributed by atoms with Crippen molar-refractivity contribution in [3.63, 3.8) is 0 Å². The van der Waals surface area contributed by atoms with Crippen molar-refractivity contribution >= 4 is 11.6 Å². The Labute approximate surface area is 174 Å². The summed E-state index contributed by atoms with van der Waals surface area (Å²) in [6.45, 7) is 6.00. The van der Waals surface area contributed by atoms with Crippen molar-refractivity contribution in [3.05, 3.63) is 41.7 Å². The summed E-state index contributed by atoms with van der Waals surface area (Å²) in [6, 6.07) is 10.8. The standard InChI is InChI=1S/C24H34N4O/c1-18-24(19(2)28(26-18)21-12-7-4-8-13-21)25-23(29)15-17-27-16-9-14-22(27)20-10-5-3-6-11-20/h4,7-8,12-13,20,22H,3,5-6,9-11,14-17H2,1-2H3,(H,25,29)/t22-/m0/s1. The zero-order chi connectivity index (χ0) is 20.2. The molecule has 156 valence electrons. The van der Waals surface area contributed by atoms with Gasteiger partial charge in [0.2, 0.25) is 5.91 Å². The van der Waals surface area contributed by atoms with Crippen molar-refractivity contribution in [2.75, 3.05) is 18.4 Å². The fraction of sp³-hybridized carbons (Fsp3) is 0.583. The molecule has 29 heavy (non-hydrogen) atoms. The number of para-hydroxylation sites is 1. The zero-order valence-electron chi connectivity index (χ0n) is 17.9. The lowest BCUT2D eigenvalue weighted by molar-refractivity contribution is -0.116. The topological polar surface area (TPSA) is 50.2 Å². The molecule has 2 aliphatic rings. The Morgan fingerprint density at radius 1 is 1.07 bits per heavy atom. The van der Waals surface area contributed by atoms with Crippen molar-refractivity contribution < 1.29 is 4.79 Å². The molecule has 0 spiro atoms. The van der Waals surface area contributed by atoms with E-state index >= 15 is 0 Å². The summed E-state index contributed by atoms with van der Waals surface area (Å²) in [5.74, 6) is 0.945.